The van der Waals surface area contributed by atoms with E-state index < -0.39 is 0 Å². The standard InChI is InChI=1S/C20H27N5O4S/c1-3-28-15-8-7-14(11-16(15)29-4-2)22-18(27)12-30-20-24-23-19(13-5-6-13)25(20)10-9-17(21)26/h7-8,11,13H,3-6,9-10,12H2,1-2H3,(H2,21,26)(H,22,27). The van der Waals surface area contributed by atoms with E-state index in [1.165, 1.54) is 11.8 Å². The lowest BCUT2D eigenvalue weighted by Gasteiger charge is -2.13. The third kappa shape index (κ3) is 5.88. The van der Waals surface area contributed by atoms with E-state index in [2.05, 4.69) is 15.5 Å². The molecule has 162 valence electrons. The average molecular weight is 434 g/mol. The van der Waals surface area contributed by atoms with Gasteiger partial charge in [-0.1, -0.05) is 11.8 Å². The quantitative estimate of drug-likeness (QED) is 0.493. The molecule has 30 heavy (non-hydrogen) atoms. The highest BCUT2D eigenvalue weighted by atomic mass is 32.2. The fraction of sp³-hybridized carbons (Fsp3) is 0.500. The average Bonchev–Trinajstić information content (AvgIpc) is 3.47. The number of benzene rings is 1. The first kappa shape index (κ1) is 21.9. The number of carbonyl (C=O) groups is 2. The van der Waals surface area contributed by atoms with Gasteiger partial charge in [-0.3, -0.25) is 9.59 Å². The van der Waals surface area contributed by atoms with E-state index in [4.69, 9.17) is 15.2 Å². The molecule has 2 aromatic rings. The molecule has 1 heterocycles. The van der Waals surface area contributed by atoms with Gasteiger partial charge in [0.15, 0.2) is 16.7 Å². The molecule has 2 amide bonds. The Bertz CT molecular complexity index is 897. The summed E-state index contributed by atoms with van der Waals surface area (Å²) < 4.78 is 13.0. The molecule has 0 saturated heterocycles. The number of nitrogens with one attached hydrogen (secondary N) is 1. The van der Waals surface area contributed by atoms with Gasteiger partial charge in [0.05, 0.1) is 19.0 Å². The van der Waals surface area contributed by atoms with Gasteiger partial charge >= 0.3 is 0 Å². The van der Waals surface area contributed by atoms with Crippen LogP contribution in [0.15, 0.2) is 23.4 Å². The first-order valence-corrected chi connectivity index (χ1v) is 11.0. The molecule has 3 rings (SSSR count). The summed E-state index contributed by atoms with van der Waals surface area (Å²) >= 11 is 1.29. The molecule has 1 aliphatic carbocycles. The van der Waals surface area contributed by atoms with Crippen molar-refractivity contribution in [1.82, 2.24) is 14.8 Å². The first-order chi connectivity index (χ1) is 14.5. The van der Waals surface area contributed by atoms with E-state index in [1.807, 2.05) is 18.4 Å². The van der Waals surface area contributed by atoms with Crippen LogP contribution in [-0.4, -0.2) is 45.5 Å². The Kier molecular flexibility index (Phi) is 7.56. The normalized spacial score (nSPS) is 13.1. The summed E-state index contributed by atoms with van der Waals surface area (Å²) in [4.78, 5) is 23.6. The maximum absolute atomic E-state index is 12.5. The van der Waals surface area contributed by atoms with Crippen molar-refractivity contribution in [3.63, 3.8) is 0 Å². The van der Waals surface area contributed by atoms with E-state index >= 15 is 0 Å². The van der Waals surface area contributed by atoms with Gasteiger partial charge < -0.3 is 25.1 Å². The number of amides is 2. The number of rotatable bonds is 12. The Labute approximate surface area is 179 Å². The second kappa shape index (κ2) is 10.3. The highest BCUT2D eigenvalue weighted by Crippen LogP contribution is 2.40. The SMILES string of the molecule is CCOc1ccc(NC(=O)CSc2nnc(C3CC3)n2CCC(N)=O)cc1OCC. The first-order valence-electron chi connectivity index (χ1n) is 10.1. The smallest absolute Gasteiger partial charge is 0.234 e. The second-order valence-corrected chi connectivity index (χ2v) is 7.79. The number of ether oxygens (including phenoxy) is 2. The van der Waals surface area contributed by atoms with Crippen molar-refractivity contribution in [2.45, 2.75) is 50.7 Å². The van der Waals surface area contributed by atoms with Crippen LogP contribution in [0.2, 0.25) is 0 Å². The zero-order valence-corrected chi connectivity index (χ0v) is 18.0. The largest absolute Gasteiger partial charge is 0.490 e. The minimum absolute atomic E-state index is 0.163. The van der Waals surface area contributed by atoms with Crippen LogP contribution in [0.3, 0.4) is 0 Å². The number of anilines is 1. The molecule has 1 aromatic carbocycles. The number of carbonyl (C=O) groups excluding carboxylic acids is 2. The molecule has 1 fully saturated rings. The van der Waals surface area contributed by atoms with E-state index in [0.717, 1.165) is 18.7 Å². The van der Waals surface area contributed by atoms with Crippen molar-refractivity contribution in [3.8, 4) is 11.5 Å². The van der Waals surface area contributed by atoms with E-state index in [-0.39, 0.29) is 24.0 Å². The zero-order chi connectivity index (χ0) is 21.5. The van der Waals surface area contributed by atoms with E-state index in [0.29, 0.717) is 48.0 Å². The lowest BCUT2D eigenvalue weighted by atomic mass is 10.2. The van der Waals surface area contributed by atoms with Gasteiger partial charge in [0.25, 0.3) is 0 Å². The number of primary amides is 1. The van der Waals surface area contributed by atoms with E-state index in [9.17, 15) is 9.59 Å². The van der Waals surface area contributed by atoms with Crippen molar-refractivity contribution in [2.75, 3.05) is 24.3 Å². The number of nitrogens with zero attached hydrogens (tertiary/aromatic N) is 3. The van der Waals surface area contributed by atoms with Crippen LogP contribution in [0.25, 0.3) is 0 Å². The van der Waals surface area contributed by atoms with Crippen LogP contribution in [-0.2, 0) is 16.1 Å². The molecule has 0 unspecified atom stereocenters. The maximum atomic E-state index is 12.5. The molecule has 1 aliphatic rings. The molecule has 0 bridgehead atoms. The van der Waals surface area contributed by atoms with Gasteiger partial charge in [-0.15, -0.1) is 10.2 Å². The van der Waals surface area contributed by atoms with Gasteiger partial charge in [0.2, 0.25) is 11.8 Å². The monoisotopic (exact) mass is 433 g/mol. The summed E-state index contributed by atoms with van der Waals surface area (Å²) in [6.45, 7) is 5.25. The van der Waals surface area contributed by atoms with Gasteiger partial charge in [-0.25, -0.2) is 0 Å². The molecule has 1 saturated carbocycles. The van der Waals surface area contributed by atoms with Gasteiger partial charge in [0, 0.05) is 30.6 Å². The van der Waals surface area contributed by atoms with Crippen LogP contribution < -0.4 is 20.5 Å². The molecular formula is C20H27N5O4S. The molecule has 0 spiro atoms. The lowest BCUT2D eigenvalue weighted by molar-refractivity contribution is -0.118. The third-order valence-corrected chi connectivity index (χ3v) is 5.40. The number of aromatic nitrogens is 3. The molecule has 0 atom stereocenters. The number of nitrogens with two attached hydrogens (primary N) is 1. The van der Waals surface area contributed by atoms with Crippen LogP contribution in [0.5, 0.6) is 11.5 Å². The second-order valence-electron chi connectivity index (χ2n) is 6.85. The van der Waals surface area contributed by atoms with Gasteiger partial charge in [0.1, 0.15) is 5.82 Å². The minimum Gasteiger partial charge on any atom is -0.490 e. The molecule has 0 radical (unpaired) electrons. The zero-order valence-electron chi connectivity index (χ0n) is 17.2. The lowest BCUT2D eigenvalue weighted by Crippen LogP contribution is -2.17. The molecule has 10 heteroatoms. The Morgan fingerprint density at radius 1 is 1.20 bits per heavy atom. The van der Waals surface area contributed by atoms with Crippen molar-refractivity contribution in [1.29, 1.82) is 0 Å². The number of hydrogen-bond donors (Lipinski definition) is 2. The summed E-state index contributed by atoms with van der Waals surface area (Å²) in [5.74, 6) is 2.09. The highest BCUT2D eigenvalue weighted by Gasteiger charge is 2.30. The predicted molar refractivity (Wildman–Crippen MR) is 114 cm³/mol. The number of hydrogen-bond acceptors (Lipinski definition) is 7. The molecule has 9 nitrogen and oxygen atoms in total. The molecule has 0 aliphatic heterocycles. The molecule has 1 aromatic heterocycles. The summed E-state index contributed by atoms with van der Waals surface area (Å²) in [5.41, 5.74) is 5.92. The van der Waals surface area contributed by atoms with Crippen molar-refractivity contribution < 1.29 is 19.1 Å². The highest BCUT2D eigenvalue weighted by molar-refractivity contribution is 7.99. The van der Waals surface area contributed by atoms with Crippen molar-refractivity contribution >= 4 is 29.3 Å². The molecule has 3 N–H and O–H groups in total. The number of thioether (sulfide) groups is 1. The van der Waals surface area contributed by atoms with Crippen molar-refractivity contribution in [2.24, 2.45) is 5.73 Å². The topological polar surface area (TPSA) is 121 Å². The Balaban J connectivity index is 1.62. The summed E-state index contributed by atoms with van der Waals surface area (Å²) in [5, 5.41) is 12.0. The fourth-order valence-electron chi connectivity index (χ4n) is 2.94. The Hall–Kier alpha value is -2.75. The summed E-state index contributed by atoms with van der Waals surface area (Å²) in [7, 11) is 0. The summed E-state index contributed by atoms with van der Waals surface area (Å²) in [6, 6.07) is 5.30. The summed E-state index contributed by atoms with van der Waals surface area (Å²) in [6.07, 6.45) is 2.35. The maximum Gasteiger partial charge on any atom is 0.234 e. The van der Waals surface area contributed by atoms with Crippen LogP contribution in [0.1, 0.15) is 44.9 Å². The van der Waals surface area contributed by atoms with E-state index in [1.54, 1.807) is 18.2 Å². The van der Waals surface area contributed by atoms with Crippen LogP contribution >= 0.6 is 11.8 Å². The predicted octanol–water partition coefficient (Wildman–Crippen LogP) is 2.56. The minimum atomic E-state index is -0.375. The van der Waals surface area contributed by atoms with Gasteiger partial charge in [-0.2, -0.15) is 0 Å². The van der Waals surface area contributed by atoms with Crippen LogP contribution in [0.4, 0.5) is 5.69 Å². The Morgan fingerprint density at radius 3 is 2.60 bits per heavy atom. The fourth-order valence-corrected chi connectivity index (χ4v) is 3.71. The van der Waals surface area contributed by atoms with Crippen LogP contribution in [0, 0.1) is 0 Å². The Morgan fingerprint density at radius 2 is 1.93 bits per heavy atom. The van der Waals surface area contributed by atoms with Crippen molar-refractivity contribution in [3.05, 3.63) is 24.0 Å². The molecular weight excluding hydrogens is 406 g/mol. The van der Waals surface area contributed by atoms with Gasteiger partial charge in [-0.05, 0) is 38.8 Å². The third-order valence-electron chi connectivity index (χ3n) is 4.43.